The Morgan fingerprint density at radius 1 is 1.50 bits per heavy atom. The van der Waals surface area contributed by atoms with Crippen LogP contribution in [0.25, 0.3) is 0 Å². The molecule has 2 heterocycles. The summed E-state index contributed by atoms with van der Waals surface area (Å²) in [7, 11) is 1.51. The molecule has 0 spiro atoms. The van der Waals surface area contributed by atoms with Crippen molar-refractivity contribution in [2.24, 2.45) is 0 Å². The van der Waals surface area contributed by atoms with Crippen LogP contribution in [0.15, 0.2) is 24.5 Å². The summed E-state index contributed by atoms with van der Waals surface area (Å²) in [5.74, 6) is 0.519. The van der Waals surface area contributed by atoms with Gasteiger partial charge < -0.3 is 10.1 Å². The van der Waals surface area contributed by atoms with Gasteiger partial charge in [0.05, 0.1) is 12.0 Å². The molecule has 2 rings (SSSR count). The largest absolute Gasteiger partial charge is 0.481 e. The molecule has 0 aromatic carbocycles. The van der Waals surface area contributed by atoms with Crippen LogP contribution >= 0.6 is 11.6 Å². The zero-order valence-electron chi connectivity index (χ0n) is 10.4. The van der Waals surface area contributed by atoms with E-state index in [1.165, 1.54) is 7.11 Å². The molecule has 2 aromatic rings. The van der Waals surface area contributed by atoms with Crippen molar-refractivity contribution in [1.82, 2.24) is 15.0 Å². The van der Waals surface area contributed by atoms with Crippen LogP contribution in [0.5, 0.6) is 5.88 Å². The molecule has 0 atom stereocenters. The van der Waals surface area contributed by atoms with E-state index in [4.69, 9.17) is 16.3 Å². The molecule has 8 nitrogen and oxygen atoms in total. The Kier molecular flexibility index (Phi) is 4.26. The Balaban J connectivity index is 2.17. The van der Waals surface area contributed by atoms with Gasteiger partial charge in [-0.15, -0.1) is 0 Å². The van der Waals surface area contributed by atoms with E-state index >= 15 is 0 Å². The summed E-state index contributed by atoms with van der Waals surface area (Å²) >= 11 is 5.64. The number of hydrogen-bond donors (Lipinski definition) is 1. The first kappa shape index (κ1) is 13.9. The van der Waals surface area contributed by atoms with Crippen LogP contribution < -0.4 is 10.1 Å². The average molecular weight is 296 g/mol. The smallest absolute Gasteiger partial charge is 0.329 e. The molecule has 0 fully saturated rings. The van der Waals surface area contributed by atoms with Gasteiger partial charge in [-0.1, -0.05) is 0 Å². The topological polar surface area (TPSA) is 103 Å². The predicted molar refractivity (Wildman–Crippen MR) is 71.8 cm³/mol. The summed E-state index contributed by atoms with van der Waals surface area (Å²) in [6.07, 6.45) is 2.64. The number of methoxy groups -OCH3 is 1. The van der Waals surface area contributed by atoms with Gasteiger partial charge in [0, 0.05) is 18.8 Å². The lowest BCUT2D eigenvalue weighted by molar-refractivity contribution is -0.384. The van der Waals surface area contributed by atoms with Crippen LogP contribution in [0.1, 0.15) is 5.56 Å². The number of nitrogens with zero attached hydrogens (tertiary/aromatic N) is 4. The van der Waals surface area contributed by atoms with Crippen molar-refractivity contribution in [2.45, 2.75) is 6.54 Å². The van der Waals surface area contributed by atoms with E-state index in [0.717, 1.165) is 11.8 Å². The second-order valence-electron chi connectivity index (χ2n) is 3.69. The molecule has 0 aliphatic heterocycles. The average Bonchev–Trinajstić information content (AvgIpc) is 2.45. The molecule has 0 saturated carbocycles. The molecule has 20 heavy (non-hydrogen) atoms. The van der Waals surface area contributed by atoms with E-state index in [9.17, 15) is 10.1 Å². The summed E-state index contributed by atoms with van der Waals surface area (Å²) in [5.41, 5.74) is 0.594. The van der Waals surface area contributed by atoms with E-state index in [1.807, 2.05) is 0 Å². The third-order valence-electron chi connectivity index (χ3n) is 2.41. The Morgan fingerprint density at radius 2 is 2.30 bits per heavy atom. The number of anilines is 1. The maximum absolute atomic E-state index is 10.9. The summed E-state index contributed by atoms with van der Waals surface area (Å²) in [6.45, 7) is 0.313. The normalized spacial score (nSPS) is 10.1. The maximum Gasteiger partial charge on any atom is 0.329 e. The summed E-state index contributed by atoms with van der Waals surface area (Å²) < 4.78 is 4.99. The summed E-state index contributed by atoms with van der Waals surface area (Å²) in [5, 5.41) is 13.6. The minimum atomic E-state index is -0.578. The third kappa shape index (κ3) is 3.29. The van der Waals surface area contributed by atoms with E-state index in [1.54, 1.807) is 18.3 Å². The van der Waals surface area contributed by atoms with Gasteiger partial charge in [-0.2, -0.15) is 4.98 Å². The number of halogens is 1. The van der Waals surface area contributed by atoms with Crippen molar-refractivity contribution in [2.75, 3.05) is 12.4 Å². The summed E-state index contributed by atoms with van der Waals surface area (Å²) in [6, 6.07) is 3.46. The number of ether oxygens (including phenoxy) is 1. The monoisotopic (exact) mass is 295 g/mol. The van der Waals surface area contributed by atoms with E-state index in [0.29, 0.717) is 12.4 Å². The molecule has 0 bridgehead atoms. The molecule has 1 N–H and O–H groups in total. The van der Waals surface area contributed by atoms with Crippen LogP contribution in [0.2, 0.25) is 5.28 Å². The molecule has 0 radical (unpaired) electrons. The number of pyridine rings is 1. The van der Waals surface area contributed by atoms with E-state index < -0.39 is 4.92 Å². The third-order valence-corrected chi connectivity index (χ3v) is 2.59. The van der Waals surface area contributed by atoms with Crippen molar-refractivity contribution in [3.8, 4) is 5.88 Å². The zero-order valence-corrected chi connectivity index (χ0v) is 11.2. The van der Waals surface area contributed by atoms with Crippen molar-refractivity contribution < 1.29 is 9.66 Å². The standard InChI is InChI=1S/C11H10ClN5O3/c1-20-9-4-7(2-3-13-9)5-14-10-8(17(18)19)6-15-11(12)16-10/h2-4,6H,5H2,1H3,(H,14,15,16). The highest BCUT2D eigenvalue weighted by molar-refractivity contribution is 6.28. The number of nitrogens with one attached hydrogen (secondary N) is 1. The van der Waals surface area contributed by atoms with Gasteiger partial charge in [0.25, 0.3) is 0 Å². The number of hydrogen-bond acceptors (Lipinski definition) is 7. The molecule has 9 heteroatoms. The number of aromatic nitrogens is 3. The lowest BCUT2D eigenvalue weighted by Gasteiger charge is -2.07. The van der Waals surface area contributed by atoms with Crippen molar-refractivity contribution >= 4 is 23.1 Å². The molecular weight excluding hydrogens is 286 g/mol. The van der Waals surface area contributed by atoms with Crippen molar-refractivity contribution in [1.29, 1.82) is 0 Å². The fourth-order valence-corrected chi connectivity index (χ4v) is 1.61. The molecule has 2 aromatic heterocycles. The number of rotatable bonds is 5. The summed E-state index contributed by atoms with van der Waals surface area (Å²) in [4.78, 5) is 21.6. The highest BCUT2D eigenvalue weighted by Gasteiger charge is 2.16. The zero-order chi connectivity index (χ0) is 14.5. The molecule has 0 aliphatic carbocycles. The van der Waals surface area contributed by atoms with Gasteiger partial charge >= 0.3 is 5.69 Å². The Labute approximate surface area is 118 Å². The van der Waals surface area contributed by atoms with Crippen LogP contribution in [0.4, 0.5) is 11.5 Å². The van der Waals surface area contributed by atoms with Crippen LogP contribution in [0, 0.1) is 10.1 Å². The molecule has 104 valence electrons. The fourth-order valence-electron chi connectivity index (χ4n) is 1.48. The molecular formula is C11H10ClN5O3. The van der Waals surface area contributed by atoms with Gasteiger partial charge in [0.15, 0.2) is 0 Å². The second kappa shape index (κ2) is 6.11. The van der Waals surface area contributed by atoms with Gasteiger partial charge in [-0.05, 0) is 23.2 Å². The van der Waals surface area contributed by atoms with Crippen molar-refractivity contribution in [3.63, 3.8) is 0 Å². The SMILES string of the molecule is COc1cc(CNc2nc(Cl)ncc2[N+](=O)[O-])ccn1. The second-order valence-corrected chi connectivity index (χ2v) is 4.03. The van der Waals surface area contributed by atoms with Crippen LogP contribution in [0.3, 0.4) is 0 Å². The molecule has 0 saturated heterocycles. The first-order valence-electron chi connectivity index (χ1n) is 5.50. The maximum atomic E-state index is 10.9. The highest BCUT2D eigenvalue weighted by atomic mass is 35.5. The first-order chi connectivity index (χ1) is 9.60. The highest BCUT2D eigenvalue weighted by Crippen LogP contribution is 2.22. The Hall–Kier alpha value is -2.48. The molecule has 0 aliphatic rings. The van der Waals surface area contributed by atoms with E-state index in [-0.39, 0.29) is 16.8 Å². The predicted octanol–water partition coefficient (Wildman–Crippen LogP) is 2.05. The first-order valence-corrected chi connectivity index (χ1v) is 5.87. The van der Waals surface area contributed by atoms with Crippen LogP contribution in [-0.4, -0.2) is 27.0 Å². The quantitative estimate of drug-likeness (QED) is 0.511. The lowest BCUT2D eigenvalue weighted by atomic mass is 10.2. The molecule has 0 amide bonds. The Morgan fingerprint density at radius 3 is 3.00 bits per heavy atom. The fraction of sp³-hybridized carbons (Fsp3) is 0.182. The van der Waals surface area contributed by atoms with Crippen LogP contribution in [-0.2, 0) is 6.54 Å². The number of nitro groups is 1. The van der Waals surface area contributed by atoms with Crippen molar-refractivity contribution in [3.05, 3.63) is 45.5 Å². The van der Waals surface area contributed by atoms with Gasteiger partial charge in [-0.3, -0.25) is 10.1 Å². The van der Waals surface area contributed by atoms with Gasteiger partial charge in [-0.25, -0.2) is 9.97 Å². The Bertz CT molecular complexity index is 637. The van der Waals surface area contributed by atoms with Gasteiger partial charge in [0.2, 0.25) is 17.0 Å². The minimum absolute atomic E-state index is 0.0609. The lowest BCUT2D eigenvalue weighted by Crippen LogP contribution is -2.06. The minimum Gasteiger partial charge on any atom is -0.481 e. The van der Waals surface area contributed by atoms with Gasteiger partial charge in [0.1, 0.15) is 6.20 Å². The van der Waals surface area contributed by atoms with E-state index in [2.05, 4.69) is 20.3 Å². The molecule has 0 unspecified atom stereocenters.